The third kappa shape index (κ3) is 0.626. The van der Waals surface area contributed by atoms with E-state index in [1.165, 1.54) is 6.54 Å². The Balaban J connectivity index is 2.19. The summed E-state index contributed by atoms with van der Waals surface area (Å²) in [4.78, 5) is 2.49. The van der Waals surface area contributed by atoms with E-state index < -0.39 is 0 Å². The zero-order valence-electron chi connectivity index (χ0n) is 6.65. The predicted molar refractivity (Wildman–Crippen MR) is 41.7 cm³/mol. The van der Waals surface area contributed by atoms with Gasteiger partial charge < -0.3 is 10.2 Å². The van der Waals surface area contributed by atoms with E-state index in [1.807, 2.05) is 0 Å². The van der Waals surface area contributed by atoms with Crippen LogP contribution in [0.3, 0.4) is 0 Å². The SMILES string of the molecule is CC1=C2CNCCN2C1C. The maximum Gasteiger partial charge on any atom is 0.0489 e. The van der Waals surface area contributed by atoms with Crippen molar-refractivity contribution in [3.8, 4) is 0 Å². The molecule has 0 aliphatic carbocycles. The van der Waals surface area contributed by atoms with Crippen LogP contribution in [0.2, 0.25) is 0 Å². The fraction of sp³-hybridized carbons (Fsp3) is 0.750. The summed E-state index contributed by atoms with van der Waals surface area (Å²) in [6.45, 7) is 7.97. The standard InChI is InChI=1S/C8H14N2/c1-6-7(2)10-4-3-9-5-8(6)10/h7,9H,3-5H2,1-2H3. The molecular formula is C8H14N2. The molecule has 0 saturated carbocycles. The molecule has 2 aliphatic rings. The lowest BCUT2D eigenvalue weighted by atomic mass is 9.94. The summed E-state index contributed by atoms with van der Waals surface area (Å²) in [5.41, 5.74) is 3.12. The highest BCUT2D eigenvalue weighted by Crippen LogP contribution is 2.30. The molecule has 2 aliphatic heterocycles. The number of nitrogens with one attached hydrogen (secondary N) is 1. The van der Waals surface area contributed by atoms with E-state index in [2.05, 4.69) is 24.1 Å². The largest absolute Gasteiger partial charge is 0.366 e. The molecule has 0 aromatic rings. The number of fused-ring (bicyclic) bond motifs is 1. The molecule has 2 heteroatoms. The van der Waals surface area contributed by atoms with Gasteiger partial charge in [0.05, 0.1) is 0 Å². The molecule has 0 aromatic heterocycles. The second kappa shape index (κ2) is 1.99. The molecule has 2 nitrogen and oxygen atoms in total. The lowest BCUT2D eigenvalue weighted by Crippen LogP contribution is -2.53. The average Bonchev–Trinajstić information content (AvgIpc) is 2.03. The minimum atomic E-state index is 0.720. The van der Waals surface area contributed by atoms with Crippen molar-refractivity contribution in [1.82, 2.24) is 10.2 Å². The molecule has 1 atom stereocenters. The topological polar surface area (TPSA) is 15.3 Å². The molecule has 0 spiro atoms. The second-order valence-corrected chi connectivity index (χ2v) is 3.18. The number of hydrogen-bond donors (Lipinski definition) is 1. The van der Waals surface area contributed by atoms with Crippen LogP contribution in [0.5, 0.6) is 0 Å². The van der Waals surface area contributed by atoms with Gasteiger partial charge in [-0.2, -0.15) is 0 Å². The summed E-state index contributed by atoms with van der Waals surface area (Å²) in [5, 5.41) is 3.37. The third-order valence-corrected chi connectivity index (χ3v) is 2.72. The average molecular weight is 138 g/mol. The Labute approximate surface area is 61.9 Å². The highest BCUT2D eigenvalue weighted by molar-refractivity contribution is 5.30. The zero-order chi connectivity index (χ0) is 7.14. The summed E-state index contributed by atoms with van der Waals surface area (Å²) < 4.78 is 0. The minimum absolute atomic E-state index is 0.720. The zero-order valence-corrected chi connectivity index (χ0v) is 6.65. The molecule has 0 bridgehead atoms. The molecule has 1 unspecified atom stereocenters. The van der Waals surface area contributed by atoms with Gasteiger partial charge in [-0.25, -0.2) is 0 Å². The van der Waals surface area contributed by atoms with Crippen molar-refractivity contribution in [2.45, 2.75) is 19.9 Å². The van der Waals surface area contributed by atoms with Crippen molar-refractivity contribution in [2.75, 3.05) is 19.6 Å². The first kappa shape index (κ1) is 6.23. The molecule has 0 amide bonds. The van der Waals surface area contributed by atoms with Gasteiger partial charge >= 0.3 is 0 Å². The highest BCUT2D eigenvalue weighted by Gasteiger charge is 2.31. The van der Waals surface area contributed by atoms with Crippen molar-refractivity contribution in [3.63, 3.8) is 0 Å². The Morgan fingerprint density at radius 2 is 2.40 bits per heavy atom. The van der Waals surface area contributed by atoms with Crippen molar-refractivity contribution in [3.05, 3.63) is 11.3 Å². The molecule has 2 heterocycles. The molecule has 1 N–H and O–H groups in total. The monoisotopic (exact) mass is 138 g/mol. The van der Waals surface area contributed by atoms with E-state index in [1.54, 1.807) is 11.3 Å². The van der Waals surface area contributed by atoms with Crippen LogP contribution in [0, 0.1) is 0 Å². The van der Waals surface area contributed by atoms with E-state index in [9.17, 15) is 0 Å². The van der Waals surface area contributed by atoms with Gasteiger partial charge in [0.2, 0.25) is 0 Å². The van der Waals surface area contributed by atoms with Crippen LogP contribution in [0.15, 0.2) is 11.3 Å². The number of nitrogens with zero attached hydrogens (tertiary/aromatic N) is 1. The number of hydrogen-bond acceptors (Lipinski definition) is 2. The van der Waals surface area contributed by atoms with Gasteiger partial charge in [-0.05, 0) is 19.4 Å². The van der Waals surface area contributed by atoms with Gasteiger partial charge in [-0.15, -0.1) is 0 Å². The number of piperazine rings is 1. The molecule has 10 heavy (non-hydrogen) atoms. The van der Waals surface area contributed by atoms with Crippen LogP contribution in [-0.2, 0) is 0 Å². The summed E-state index contributed by atoms with van der Waals surface area (Å²) in [7, 11) is 0. The Morgan fingerprint density at radius 1 is 1.60 bits per heavy atom. The van der Waals surface area contributed by atoms with Crippen molar-refractivity contribution < 1.29 is 0 Å². The smallest absolute Gasteiger partial charge is 0.0489 e. The summed E-state index contributed by atoms with van der Waals surface area (Å²) in [5.74, 6) is 0. The van der Waals surface area contributed by atoms with Gasteiger partial charge in [0.25, 0.3) is 0 Å². The molecule has 0 radical (unpaired) electrons. The van der Waals surface area contributed by atoms with Crippen LogP contribution in [0.4, 0.5) is 0 Å². The first-order valence-corrected chi connectivity index (χ1v) is 3.97. The van der Waals surface area contributed by atoms with Gasteiger partial charge in [0, 0.05) is 31.4 Å². The second-order valence-electron chi connectivity index (χ2n) is 3.18. The Bertz CT molecular complexity index is 184. The number of rotatable bonds is 0. The van der Waals surface area contributed by atoms with Gasteiger partial charge in [0.15, 0.2) is 0 Å². The van der Waals surface area contributed by atoms with Crippen LogP contribution in [0.25, 0.3) is 0 Å². The van der Waals surface area contributed by atoms with E-state index in [0.29, 0.717) is 0 Å². The molecule has 2 rings (SSSR count). The molecule has 0 aromatic carbocycles. The predicted octanol–water partition coefficient (Wildman–Crippen LogP) is 0.568. The highest BCUT2D eigenvalue weighted by atomic mass is 15.3. The van der Waals surface area contributed by atoms with E-state index in [0.717, 1.165) is 19.1 Å². The lowest BCUT2D eigenvalue weighted by molar-refractivity contribution is 0.207. The molecule has 1 fully saturated rings. The van der Waals surface area contributed by atoms with Gasteiger partial charge in [-0.1, -0.05) is 0 Å². The van der Waals surface area contributed by atoms with Crippen molar-refractivity contribution >= 4 is 0 Å². The van der Waals surface area contributed by atoms with E-state index in [4.69, 9.17) is 0 Å². The van der Waals surface area contributed by atoms with Gasteiger partial charge in [-0.3, -0.25) is 0 Å². The van der Waals surface area contributed by atoms with Crippen molar-refractivity contribution in [2.24, 2.45) is 0 Å². The summed E-state index contributed by atoms with van der Waals surface area (Å²) >= 11 is 0. The lowest BCUT2D eigenvalue weighted by Gasteiger charge is -2.47. The minimum Gasteiger partial charge on any atom is -0.366 e. The first-order chi connectivity index (χ1) is 4.80. The van der Waals surface area contributed by atoms with E-state index >= 15 is 0 Å². The molecule has 1 saturated heterocycles. The normalized spacial score (nSPS) is 31.8. The maximum atomic E-state index is 3.37. The fourth-order valence-corrected chi connectivity index (χ4v) is 1.84. The van der Waals surface area contributed by atoms with Gasteiger partial charge in [0.1, 0.15) is 0 Å². The summed E-state index contributed by atoms with van der Waals surface area (Å²) in [6, 6.07) is 0.720. The first-order valence-electron chi connectivity index (χ1n) is 3.97. The Kier molecular flexibility index (Phi) is 1.24. The van der Waals surface area contributed by atoms with E-state index in [-0.39, 0.29) is 0 Å². The van der Waals surface area contributed by atoms with Crippen LogP contribution in [-0.4, -0.2) is 30.6 Å². The van der Waals surface area contributed by atoms with Crippen LogP contribution in [0.1, 0.15) is 13.8 Å². The maximum absolute atomic E-state index is 3.37. The molecular weight excluding hydrogens is 124 g/mol. The summed E-state index contributed by atoms with van der Waals surface area (Å²) in [6.07, 6.45) is 0. The quantitative estimate of drug-likeness (QED) is 0.526. The van der Waals surface area contributed by atoms with Crippen molar-refractivity contribution in [1.29, 1.82) is 0 Å². The molecule has 56 valence electrons. The fourth-order valence-electron chi connectivity index (χ4n) is 1.84. The van der Waals surface area contributed by atoms with Crippen LogP contribution >= 0.6 is 0 Å². The van der Waals surface area contributed by atoms with Crippen LogP contribution < -0.4 is 5.32 Å². The Hall–Kier alpha value is -0.500. The Morgan fingerprint density at radius 3 is 3.10 bits per heavy atom. The third-order valence-electron chi connectivity index (χ3n) is 2.72.